The Morgan fingerprint density at radius 1 is 0.417 bits per heavy atom. The molecule has 0 amide bonds. The molecule has 178 valence electrons. The van der Waals surface area contributed by atoms with Crippen LogP contribution in [0.2, 0.25) is 0 Å². The van der Waals surface area contributed by atoms with Crippen molar-refractivity contribution < 1.29 is 41.7 Å². The molecule has 0 unspecified atom stereocenters. The van der Waals surface area contributed by atoms with E-state index in [1.807, 2.05) is 64.2 Å². The average molecular weight is 711 g/mol. The molecule has 4 fully saturated rings. The molecular formula is C30H26Cl4Zr2+4. The molecule has 0 aromatic rings. The van der Waals surface area contributed by atoms with Crippen LogP contribution in [0.15, 0.2) is 48.6 Å². The zero-order chi connectivity index (χ0) is 25.8. The minimum absolute atomic E-state index is 0.826. The van der Waals surface area contributed by atoms with Crippen LogP contribution in [0.4, 0.5) is 0 Å². The predicted molar refractivity (Wildman–Crippen MR) is 149 cm³/mol. The summed E-state index contributed by atoms with van der Waals surface area (Å²) in [6.07, 6.45) is 48.5. The number of halogens is 4. The van der Waals surface area contributed by atoms with Crippen molar-refractivity contribution in [3.05, 3.63) is 174 Å². The second kappa shape index (κ2) is 22.6. The summed E-state index contributed by atoms with van der Waals surface area (Å²) in [4.78, 5) is 0. The van der Waals surface area contributed by atoms with Gasteiger partial charge in [-0.2, -0.15) is 0 Å². The van der Waals surface area contributed by atoms with Crippen LogP contribution in [0.5, 0.6) is 0 Å². The van der Waals surface area contributed by atoms with Gasteiger partial charge in [0.1, 0.15) is 0 Å². The monoisotopic (exact) mass is 706 g/mol. The topological polar surface area (TPSA) is 0 Å². The number of hydrogen-bond donors (Lipinski definition) is 0. The van der Waals surface area contributed by atoms with E-state index < -0.39 is 41.7 Å². The Balaban J connectivity index is 0.000000232. The van der Waals surface area contributed by atoms with E-state index in [0.717, 1.165) is 12.8 Å². The fraction of sp³-hybridized carbons (Fsp3) is 0.0667. The molecule has 0 nitrogen and oxygen atoms in total. The molecule has 0 aromatic carbocycles. The molecule has 6 heteroatoms. The van der Waals surface area contributed by atoms with Crippen LogP contribution >= 0.6 is 34.1 Å². The summed E-state index contributed by atoms with van der Waals surface area (Å²) >= 11 is -1.65. The molecule has 0 atom stereocenters. The Labute approximate surface area is 259 Å². The van der Waals surface area contributed by atoms with E-state index in [1.165, 1.54) is 35.5 Å². The molecule has 0 aromatic heterocycles. The van der Waals surface area contributed by atoms with Crippen LogP contribution in [0.3, 0.4) is 0 Å². The van der Waals surface area contributed by atoms with Crippen molar-refractivity contribution >= 4 is 34.1 Å². The number of allylic oxidation sites excluding steroid dienone is 8. The first-order valence-electron chi connectivity index (χ1n) is 11.3. The van der Waals surface area contributed by atoms with Crippen molar-refractivity contribution in [2.24, 2.45) is 0 Å². The van der Waals surface area contributed by atoms with Crippen LogP contribution in [0.25, 0.3) is 0 Å². The summed E-state index contributed by atoms with van der Waals surface area (Å²) in [7, 11) is 19.7. The fourth-order valence-electron chi connectivity index (χ4n) is 3.78. The average Bonchev–Trinajstić information content (AvgIpc) is 3.73. The van der Waals surface area contributed by atoms with Crippen molar-refractivity contribution in [3.63, 3.8) is 0 Å². The van der Waals surface area contributed by atoms with Crippen molar-refractivity contribution in [3.8, 4) is 0 Å². The van der Waals surface area contributed by atoms with Gasteiger partial charge in [-0.05, 0) is 115 Å². The molecule has 6 aliphatic rings. The molecule has 0 heterocycles. The Kier molecular flexibility index (Phi) is 21.4. The summed E-state index contributed by atoms with van der Waals surface area (Å²) in [6.45, 7) is 0. The first-order valence-corrected chi connectivity index (χ1v) is 23.9. The Hall–Kier alpha value is 1.89. The summed E-state index contributed by atoms with van der Waals surface area (Å²) in [5.41, 5.74) is 0. The molecule has 20 radical (unpaired) electrons. The molecule has 0 saturated heterocycles. The van der Waals surface area contributed by atoms with Gasteiger partial charge in [-0.15, -0.1) is 0 Å². The second-order valence-electron chi connectivity index (χ2n) is 7.46. The van der Waals surface area contributed by atoms with E-state index in [2.05, 4.69) is 74.3 Å². The van der Waals surface area contributed by atoms with Gasteiger partial charge in [0, 0.05) is 23.7 Å². The van der Waals surface area contributed by atoms with Gasteiger partial charge in [-0.1, -0.05) is 48.6 Å². The second-order valence-corrected chi connectivity index (χ2v) is 14.9. The Morgan fingerprint density at radius 2 is 0.694 bits per heavy atom. The van der Waals surface area contributed by atoms with Crippen LogP contribution < -0.4 is 0 Å². The van der Waals surface area contributed by atoms with Crippen molar-refractivity contribution in [2.75, 3.05) is 0 Å². The van der Waals surface area contributed by atoms with E-state index in [-0.39, 0.29) is 0 Å². The standard InChI is InChI=1S/C20H16.2C5H5.4ClH.2Zr/c1-3-7-19-15(5-1)9-11-17(19)13-14-18-12-10-16-6-2-4-8-20(16)18;2*1-2-4-5-3-1;;;;;;/h1-12H,13-14H2;2*1-5H;4*1H;;/q;;;;;;;2*+4/p-4. The third-order valence-electron chi connectivity index (χ3n) is 5.32. The first-order chi connectivity index (χ1) is 17.7. The van der Waals surface area contributed by atoms with Crippen LogP contribution in [0.1, 0.15) is 12.8 Å². The molecule has 4 saturated carbocycles. The maximum atomic E-state index is 4.93. The van der Waals surface area contributed by atoms with Gasteiger partial charge in [0.25, 0.3) is 0 Å². The van der Waals surface area contributed by atoms with Crippen LogP contribution in [-0.4, -0.2) is 0 Å². The van der Waals surface area contributed by atoms with Gasteiger partial charge in [0.05, 0.1) is 0 Å². The van der Waals surface area contributed by atoms with Crippen LogP contribution in [0, 0.1) is 125 Å². The van der Waals surface area contributed by atoms with Crippen molar-refractivity contribution in [1.82, 2.24) is 0 Å². The third kappa shape index (κ3) is 13.5. The zero-order valence-corrected chi connectivity index (χ0v) is 27.6. The van der Waals surface area contributed by atoms with Crippen molar-refractivity contribution in [2.45, 2.75) is 12.8 Å². The molecule has 6 aliphatic carbocycles. The van der Waals surface area contributed by atoms with E-state index >= 15 is 0 Å². The van der Waals surface area contributed by atoms with Gasteiger partial charge >= 0.3 is 75.7 Å². The van der Waals surface area contributed by atoms with Gasteiger partial charge < -0.3 is 0 Å². The number of fused-ring (bicyclic) bond motifs is 2. The Bertz CT molecular complexity index is 584. The van der Waals surface area contributed by atoms with Gasteiger partial charge in [-0.3, -0.25) is 0 Å². The number of rotatable bonds is 3. The van der Waals surface area contributed by atoms with Gasteiger partial charge in [0.2, 0.25) is 0 Å². The molecule has 0 N–H and O–H groups in total. The molecule has 0 bridgehead atoms. The minimum atomic E-state index is -0.826. The molecule has 6 rings (SSSR count). The third-order valence-corrected chi connectivity index (χ3v) is 5.32. The summed E-state index contributed by atoms with van der Waals surface area (Å²) in [6, 6.07) is 0. The quantitative estimate of drug-likeness (QED) is 0.274. The van der Waals surface area contributed by atoms with Crippen LogP contribution in [-0.2, 0) is 41.7 Å². The maximum absolute atomic E-state index is 4.93. The molecular weight excluding hydrogens is 685 g/mol. The van der Waals surface area contributed by atoms with Gasteiger partial charge in [-0.25, -0.2) is 0 Å². The fourth-order valence-corrected chi connectivity index (χ4v) is 3.78. The van der Waals surface area contributed by atoms with Gasteiger partial charge in [0.15, 0.2) is 0 Å². The molecule has 0 spiro atoms. The summed E-state index contributed by atoms with van der Waals surface area (Å²) in [5.74, 6) is 8.45. The Morgan fingerprint density at radius 3 is 1.00 bits per heavy atom. The SMILES string of the molecule is [CH]1[CH][CH][CH][CH]1.[CH]1[CH][CH][CH][CH]1.[CH]1[CH][C](CC[C]2[CH][CH][C]3C=CC=C[C]32)[C]2C=CC=C[C]12.[Cl][Zr+2][Cl].[Cl][Zr+2][Cl]. The van der Waals surface area contributed by atoms with E-state index in [4.69, 9.17) is 34.1 Å². The van der Waals surface area contributed by atoms with Crippen molar-refractivity contribution in [1.29, 1.82) is 0 Å². The van der Waals surface area contributed by atoms with E-state index in [0.29, 0.717) is 0 Å². The van der Waals surface area contributed by atoms with E-state index in [1.54, 1.807) is 0 Å². The van der Waals surface area contributed by atoms with E-state index in [9.17, 15) is 0 Å². The first kappa shape index (κ1) is 34.1. The zero-order valence-electron chi connectivity index (χ0n) is 19.6. The summed E-state index contributed by atoms with van der Waals surface area (Å²) < 4.78 is 0. The predicted octanol–water partition coefficient (Wildman–Crippen LogP) is 9.11. The molecule has 0 aliphatic heterocycles. The summed E-state index contributed by atoms with van der Waals surface area (Å²) in [5, 5.41) is 0. The molecule has 36 heavy (non-hydrogen) atoms. The normalized spacial score (nSPS) is 23.1. The number of hydrogen-bond acceptors (Lipinski definition) is 0.